The second-order valence-corrected chi connectivity index (χ2v) is 5.94. The summed E-state index contributed by atoms with van der Waals surface area (Å²) in [5, 5.41) is 0. The molecule has 0 heteroatoms. The highest BCUT2D eigenvalue weighted by molar-refractivity contribution is 5.00. The quantitative estimate of drug-likeness (QED) is 0.226. The van der Waals surface area contributed by atoms with Crippen molar-refractivity contribution in [2.45, 2.75) is 111 Å². The largest absolute Gasteiger partial charge is 0.0853 e. The van der Waals surface area contributed by atoms with E-state index in [-0.39, 0.29) is 0 Å². The molecule has 0 rings (SSSR count). The predicted molar refractivity (Wildman–Crippen MR) is 89.7 cm³/mol. The van der Waals surface area contributed by atoms with Crippen LogP contribution in [0.1, 0.15) is 111 Å². The van der Waals surface area contributed by atoms with Gasteiger partial charge < -0.3 is 0 Å². The van der Waals surface area contributed by atoms with E-state index in [1.165, 1.54) is 89.9 Å². The van der Waals surface area contributed by atoms with Gasteiger partial charge in [0.15, 0.2) is 0 Å². The summed E-state index contributed by atoms with van der Waals surface area (Å²) >= 11 is 0. The van der Waals surface area contributed by atoms with Gasteiger partial charge in [-0.3, -0.25) is 0 Å². The average molecular weight is 267 g/mol. The summed E-state index contributed by atoms with van der Waals surface area (Å²) in [5.74, 6) is 0. The molecule has 0 spiro atoms. The second kappa shape index (κ2) is 15.8. The molecule has 0 aromatic rings. The molecule has 0 aromatic heterocycles. The molecule has 114 valence electrons. The number of hydrogen-bond donors (Lipinski definition) is 0. The van der Waals surface area contributed by atoms with Crippen LogP contribution in [0, 0.1) is 0 Å². The van der Waals surface area contributed by atoms with Crippen molar-refractivity contribution in [1.29, 1.82) is 0 Å². The van der Waals surface area contributed by atoms with Crippen molar-refractivity contribution in [2.75, 3.05) is 0 Å². The van der Waals surface area contributed by atoms with Crippen molar-refractivity contribution < 1.29 is 0 Å². The SMILES string of the molecule is CCCCCCC/C=C(/CC)CCCCCCCC. The first-order valence-corrected chi connectivity index (χ1v) is 9.03. The highest BCUT2D eigenvalue weighted by atomic mass is 14.0. The van der Waals surface area contributed by atoms with Gasteiger partial charge in [-0.25, -0.2) is 0 Å². The fraction of sp³-hybridized carbons (Fsp3) is 0.895. The Morgan fingerprint density at radius 1 is 0.632 bits per heavy atom. The zero-order valence-electron chi connectivity index (χ0n) is 14.0. The molecule has 0 N–H and O–H groups in total. The minimum absolute atomic E-state index is 1.27. The van der Waals surface area contributed by atoms with E-state index in [0.29, 0.717) is 0 Å². The van der Waals surface area contributed by atoms with Gasteiger partial charge in [0.1, 0.15) is 0 Å². The Morgan fingerprint density at radius 2 is 1.16 bits per heavy atom. The minimum atomic E-state index is 1.27. The Kier molecular flexibility index (Phi) is 15.6. The number of unbranched alkanes of at least 4 members (excludes halogenated alkanes) is 10. The van der Waals surface area contributed by atoms with Crippen molar-refractivity contribution >= 4 is 0 Å². The number of allylic oxidation sites excluding steroid dienone is 2. The summed E-state index contributed by atoms with van der Waals surface area (Å²) in [6, 6.07) is 0. The molecular weight excluding hydrogens is 228 g/mol. The van der Waals surface area contributed by atoms with Crippen molar-refractivity contribution in [2.24, 2.45) is 0 Å². The zero-order valence-corrected chi connectivity index (χ0v) is 14.0. The van der Waals surface area contributed by atoms with Gasteiger partial charge in [0.2, 0.25) is 0 Å². The van der Waals surface area contributed by atoms with Crippen LogP contribution < -0.4 is 0 Å². The van der Waals surface area contributed by atoms with E-state index in [0.717, 1.165) is 0 Å². The van der Waals surface area contributed by atoms with Crippen LogP contribution in [0.15, 0.2) is 11.6 Å². The molecule has 0 fully saturated rings. The van der Waals surface area contributed by atoms with Crippen molar-refractivity contribution in [3.05, 3.63) is 11.6 Å². The summed E-state index contributed by atoms with van der Waals surface area (Å²) in [7, 11) is 0. The van der Waals surface area contributed by atoms with Gasteiger partial charge in [0, 0.05) is 0 Å². The molecule has 0 saturated carbocycles. The minimum Gasteiger partial charge on any atom is -0.0853 e. The van der Waals surface area contributed by atoms with Crippen molar-refractivity contribution in [3.63, 3.8) is 0 Å². The molecule has 0 atom stereocenters. The Hall–Kier alpha value is -0.260. The molecular formula is C19H38. The molecule has 19 heavy (non-hydrogen) atoms. The first-order chi connectivity index (χ1) is 9.35. The Morgan fingerprint density at radius 3 is 1.74 bits per heavy atom. The summed E-state index contributed by atoms with van der Waals surface area (Å²) in [6.45, 7) is 6.90. The summed E-state index contributed by atoms with van der Waals surface area (Å²) in [4.78, 5) is 0. The number of hydrogen-bond acceptors (Lipinski definition) is 0. The lowest BCUT2D eigenvalue weighted by molar-refractivity contribution is 0.601. The maximum absolute atomic E-state index is 2.54. The molecule has 0 saturated heterocycles. The van der Waals surface area contributed by atoms with Gasteiger partial charge in [-0.1, -0.05) is 90.2 Å². The predicted octanol–water partition coefficient (Wildman–Crippen LogP) is 7.43. The third kappa shape index (κ3) is 14.0. The molecule has 0 aliphatic rings. The lowest BCUT2D eigenvalue weighted by Crippen LogP contribution is -1.85. The van der Waals surface area contributed by atoms with Crippen molar-refractivity contribution in [1.82, 2.24) is 0 Å². The average Bonchev–Trinajstić information content (AvgIpc) is 2.44. The van der Waals surface area contributed by atoms with Crippen LogP contribution in [-0.4, -0.2) is 0 Å². The first kappa shape index (κ1) is 18.7. The lowest BCUT2D eigenvalue weighted by Gasteiger charge is -2.05. The molecule has 0 unspecified atom stereocenters. The fourth-order valence-electron chi connectivity index (χ4n) is 2.61. The standard InChI is InChI=1S/C19H38/c1-4-7-9-11-13-15-17-19(6-3)18-16-14-12-10-8-5-2/h17H,4-16,18H2,1-3H3/b19-17-. The third-order valence-corrected chi connectivity index (χ3v) is 4.05. The molecule has 0 radical (unpaired) electrons. The molecule has 0 aliphatic carbocycles. The van der Waals surface area contributed by atoms with Gasteiger partial charge in [-0.05, 0) is 32.1 Å². The van der Waals surface area contributed by atoms with E-state index in [2.05, 4.69) is 26.8 Å². The van der Waals surface area contributed by atoms with E-state index in [4.69, 9.17) is 0 Å². The molecule has 0 bridgehead atoms. The van der Waals surface area contributed by atoms with E-state index < -0.39 is 0 Å². The maximum atomic E-state index is 2.54. The second-order valence-electron chi connectivity index (χ2n) is 5.94. The van der Waals surface area contributed by atoms with E-state index in [9.17, 15) is 0 Å². The van der Waals surface area contributed by atoms with E-state index >= 15 is 0 Å². The first-order valence-electron chi connectivity index (χ1n) is 9.03. The van der Waals surface area contributed by atoms with Crippen LogP contribution in [0.5, 0.6) is 0 Å². The van der Waals surface area contributed by atoms with Crippen LogP contribution in [0.2, 0.25) is 0 Å². The van der Waals surface area contributed by atoms with Crippen LogP contribution in [0.4, 0.5) is 0 Å². The third-order valence-electron chi connectivity index (χ3n) is 4.05. The lowest BCUT2D eigenvalue weighted by atomic mass is 10.0. The van der Waals surface area contributed by atoms with Gasteiger partial charge >= 0.3 is 0 Å². The molecule has 0 aromatic carbocycles. The van der Waals surface area contributed by atoms with Crippen LogP contribution in [-0.2, 0) is 0 Å². The van der Waals surface area contributed by atoms with Gasteiger partial charge in [-0.2, -0.15) is 0 Å². The Bertz CT molecular complexity index is 190. The number of rotatable bonds is 14. The van der Waals surface area contributed by atoms with Gasteiger partial charge in [0.05, 0.1) is 0 Å². The summed E-state index contributed by atoms with van der Waals surface area (Å²) in [5.41, 5.74) is 1.71. The Balaban J connectivity index is 3.46. The van der Waals surface area contributed by atoms with Gasteiger partial charge in [0.25, 0.3) is 0 Å². The van der Waals surface area contributed by atoms with Gasteiger partial charge in [-0.15, -0.1) is 0 Å². The fourth-order valence-corrected chi connectivity index (χ4v) is 2.61. The molecule has 0 aliphatic heterocycles. The van der Waals surface area contributed by atoms with Crippen LogP contribution in [0.25, 0.3) is 0 Å². The monoisotopic (exact) mass is 266 g/mol. The van der Waals surface area contributed by atoms with E-state index in [1.807, 2.05) is 0 Å². The maximum Gasteiger partial charge on any atom is -0.0320 e. The topological polar surface area (TPSA) is 0 Å². The van der Waals surface area contributed by atoms with Crippen LogP contribution >= 0.6 is 0 Å². The van der Waals surface area contributed by atoms with Crippen molar-refractivity contribution in [3.8, 4) is 0 Å². The van der Waals surface area contributed by atoms with E-state index in [1.54, 1.807) is 5.57 Å². The Labute approximate surface area is 123 Å². The highest BCUT2D eigenvalue weighted by Gasteiger charge is 1.96. The zero-order chi connectivity index (χ0) is 14.2. The highest BCUT2D eigenvalue weighted by Crippen LogP contribution is 2.16. The normalized spacial score (nSPS) is 12.1. The molecule has 0 nitrogen and oxygen atoms in total. The molecule has 0 amide bonds. The summed E-state index contributed by atoms with van der Waals surface area (Å²) < 4.78 is 0. The smallest absolute Gasteiger partial charge is 0.0320 e. The summed E-state index contributed by atoms with van der Waals surface area (Å²) in [6.07, 6.45) is 22.1. The molecule has 0 heterocycles. The van der Waals surface area contributed by atoms with Crippen LogP contribution in [0.3, 0.4) is 0 Å².